The Morgan fingerprint density at radius 2 is 2.28 bits per heavy atom. The third-order valence-corrected chi connectivity index (χ3v) is 3.70. The van der Waals surface area contributed by atoms with Crippen molar-refractivity contribution in [1.29, 1.82) is 0 Å². The van der Waals surface area contributed by atoms with Gasteiger partial charge in [0.2, 0.25) is 5.91 Å². The second-order valence-corrected chi connectivity index (χ2v) is 5.23. The summed E-state index contributed by atoms with van der Waals surface area (Å²) >= 11 is 0. The van der Waals surface area contributed by atoms with E-state index in [-0.39, 0.29) is 5.91 Å². The van der Waals surface area contributed by atoms with E-state index in [0.29, 0.717) is 6.54 Å². The quantitative estimate of drug-likeness (QED) is 0.714. The molecule has 2 aliphatic rings. The second kappa shape index (κ2) is 7.54. The molecule has 0 saturated carbocycles. The Bertz CT molecular complexity index is 293. The molecule has 4 heteroatoms. The first-order valence-corrected chi connectivity index (χ1v) is 7.22. The zero-order valence-corrected chi connectivity index (χ0v) is 11.2. The number of nitrogens with one attached hydrogen (secondary N) is 2. The van der Waals surface area contributed by atoms with Crippen molar-refractivity contribution >= 4 is 5.91 Å². The molecule has 1 heterocycles. The van der Waals surface area contributed by atoms with Crippen LogP contribution in [0.5, 0.6) is 0 Å². The highest BCUT2D eigenvalue weighted by atomic mass is 16.2. The molecule has 1 aliphatic carbocycles. The number of hydrogen-bond acceptors (Lipinski definition) is 3. The van der Waals surface area contributed by atoms with Gasteiger partial charge in [0.25, 0.3) is 0 Å². The number of carbonyl (C=O) groups excluding carboxylic acids is 1. The van der Waals surface area contributed by atoms with E-state index in [0.717, 1.165) is 45.6 Å². The van der Waals surface area contributed by atoms with Crippen LogP contribution in [0.25, 0.3) is 0 Å². The fraction of sp³-hybridized carbons (Fsp3) is 0.786. The molecular formula is C14H25N3O. The Morgan fingerprint density at radius 3 is 3.11 bits per heavy atom. The molecule has 2 N–H and O–H groups in total. The number of amides is 1. The Hall–Kier alpha value is -0.870. The Morgan fingerprint density at radius 1 is 1.33 bits per heavy atom. The third-order valence-electron chi connectivity index (χ3n) is 3.70. The maximum Gasteiger partial charge on any atom is 0.234 e. The van der Waals surface area contributed by atoms with Crippen molar-refractivity contribution in [2.45, 2.75) is 32.1 Å². The van der Waals surface area contributed by atoms with Crippen LogP contribution in [0.3, 0.4) is 0 Å². The lowest BCUT2D eigenvalue weighted by atomic mass is 10.2. The summed E-state index contributed by atoms with van der Waals surface area (Å²) in [5, 5.41) is 6.39. The van der Waals surface area contributed by atoms with E-state index >= 15 is 0 Å². The molecule has 1 saturated heterocycles. The number of nitrogens with zero attached hydrogens (tertiary/aromatic N) is 1. The molecule has 1 amide bonds. The third kappa shape index (κ3) is 4.78. The van der Waals surface area contributed by atoms with E-state index in [4.69, 9.17) is 0 Å². The average molecular weight is 251 g/mol. The van der Waals surface area contributed by atoms with E-state index in [9.17, 15) is 4.79 Å². The standard InChI is InChI=1S/C14H25N3O/c18-14(12-17-10-3-7-15-9-11-17)16-8-6-13-4-1-2-5-13/h4,15H,1-3,5-12H2,(H,16,18). The predicted molar refractivity (Wildman–Crippen MR) is 73.5 cm³/mol. The van der Waals surface area contributed by atoms with Crippen molar-refractivity contribution in [2.24, 2.45) is 0 Å². The maximum absolute atomic E-state index is 11.8. The Kier molecular flexibility index (Phi) is 5.68. The van der Waals surface area contributed by atoms with Crippen LogP contribution in [0.15, 0.2) is 11.6 Å². The van der Waals surface area contributed by atoms with Gasteiger partial charge in [-0.25, -0.2) is 0 Å². The highest BCUT2D eigenvalue weighted by molar-refractivity contribution is 5.78. The van der Waals surface area contributed by atoms with Gasteiger partial charge in [-0.2, -0.15) is 0 Å². The molecule has 1 fully saturated rings. The van der Waals surface area contributed by atoms with Gasteiger partial charge in [-0.15, -0.1) is 0 Å². The number of rotatable bonds is 5. The zero-order chi connectivity index (χ0) is 12.6. The van der Waals surface area contributed by atoms with E-state index in [1.54, 1.807) is 0 Å². The molecule has 0 aromatic rings. The van der Waals surface area contributed by atoms with Crippen molar-refractivity contribution in [3.05, 3.63) is 11.6 Å². The average Bonchev–Trinajstić information content (AvgIpc) is 2.74. The minimum Gasteiger partial charge on any atom is -0.355 e. The van der Waals surface area contributed by atoms with Crippen LogP contribution in [-0.2, 0) is 4.79 Å². The highest BCUT2D eigenvalue weighted by Gasteiger charge is 2.12. The molecule has 2 rings (SSSR count). The monoisotopic (exact) mass is 251 g/mol. The zero-order valence-electron chi connectivity index (χ0n) is 11.2. The van der Waals surface area contributed by atoms with Crippen LogP contribution in [0.1, 0.15) is 32.1 Å². The van der Waals surface area contributed by atoms with Crippen molar-refractivity contribution in [3.8, 4) is 0 Å². The predicted octanol–water partition coefficient (Wildman–Crippen LogP) is 0.898. The molecule has 0 unspecified atom stereocenters. The summed E-state index contributed by atoms with van der Waals surface area (Å²) in [6, 6.07) is 0. The lowest BCUT2D eigenvalue weighted by Gasteiger charge is -2.18. The number of hydrogen-bond donors (Lipinski definition) is 2. The Labute approximate surface area is 110 Å². The van der Waals surface area contributed by atoms with Gasteiger partial charge in [-0.1, -0.05) is 11.6 Å². The number of allylic oxidation sites excluding steroid dienone is 1. The van der Waals surface area contributed by atoms with Gasteiger partial charge in [0.15, 0.2) is 0 Å². The van der Waals surface area contributed by atoms with E-state index in [2.05, 4.69) is 21.6 Å². The van der Waals surface area contributed by atoms with E-state index < -0.39 is 0 Å². The van der Waals surface area contributed by atoms with Gasteiger partial charge in [-0.05, 0) is 45.2 Å². The minimum absolute atomic E-state index is 0.176. The molecule has 0 bridgehead atoms. The van der Waals surface area contributed by atoms with Crippen molar-refractivity contribution in [2.75, 3.05) is 39.3 Å². The van der Waals surface area contributed by atoms with Gasteiger partial charge in [0, 0.05) is 19.6 Å². The number of carbonyl (C=O) groups is 1. The molecule has 102 valence electrons. The Balaban J connectivity index is 1.59. The van der Waals surface area contributed by atoms with E-state index in [1.165, 1.54) is 24.8 Å². The molecule has 0 aromatic carbocycles. The molecule has 4 nitrogen and oxygen atoms in total. The van der Waals surface area contributed by atoms with Crippen LogP contribution >= 0.6 is 0 Å². The summed E-state index contributed by atoms with van der Waals surface area (Å²) in [5.41, 5.74) is 1.52. The van der Waals surface area contributed by atoms with Gasteiger partial charge < -0.3 is 10.6 Å². The highest BCUT2D eigenvalue weighted by Crippen LogP contribution is 2.19. The fourth-order valence-corrected chi connectivity index (χ4v) is 2.65. The van der Waals surface area contributed by atoms with Crippen LogP contribution in [0, 0.1) is 0 Å². The summed E-state index contributed by atoms with van der Waals surface area (Å²) in [6.07, 6.45) is 8.25. The minimum atomic E-state index is 0.176. The van der Waals surface area contributed by atoms with Gasteiger partial charge >= 0.3 is 0 Å². The van der Waals surface area contributed by atoms with Crippen molar-refractivity contribution < 1.29 is 4.79 Å². The summed E-state index contributed by atoms with van der Waals surface area (Å²) in [5.74, 6) is 0.176. The van der Waals surface area contributed by atoms with Crippen LogP contribution in [0.4, 0.5) is 0 Å². The molecular weight excluding hydrogens is 226 g/mol. The van der Waals surface area contributed by atoms with Crippen LogP contribution in [0.2, 0.25) is 0 Å². The van der Waals surface area contributed by atoms with Crippen LogP contribution in [-0.4, -0.2) is 50.1 Å². The first-order valence-electron chi connectivity index (χ1n) is 7.22. The van der Waals surface area contributed by atoms with Crippen molar-refractivity contribution in [1.82, 2.24) is 15.5 Å². The molecule has 0 aromatic heterocycles. The van der Waals surface area contributed by atoms with E-state index in [1.807, 2.05) is 0 Å². The summed E-state index contributed by atoms with van der Waals surface area (Å²) in [4.78, 5) is 14.0. The summed E-state index contributed by atoms with van der Waals surface area (Å²) in [6.45, 7) is 5.45. The first-order chi connectivity index (χ1) is 8.84. The van der Waals surface area contributed by atoms with Gasteiger partial charge in [-0.3, -0.25) is 9.69 Å². The smallest absolute Gasteiger partial charge is 0.234 e. The normalized spacial score (nSPS) is 21.4. The second-order valence-electron chi connectivity index (χ2n) is 5.23. The SMILES string of the molecule is O=C(CN1CCCNCC1)NCCC1=CCCC1. The van der Waals surface area contributed by atoms with Gasteiger partial charge in [0.1, 0.15) is 0 Å². The topological polar surface area (TPSA) is 44.4 Å². The van der Waals surface area contributed by atoms with Gasteiger partial charge in [0.05, 0.1) is 6.54 Å². The molecule has 0 atom stereocenters. The lowest BCUT2D eigenvalue weighted by Crippen LogP contribution is -2.39. The fourth-order valence-electron chi connectivity index (χ4n) is 2.65. The maximum atomic E-state index is 11.8. The molecule has 0 spiro atoms. The van der Waals surface area contributed by atoms with Crippen LogP contribution < -0.4 is 10.6 Å². The molecule has 0 radical (unpaired) electrons. The summed E-state index contributed by atoms with van der Waals surface area (Å²) in [7, 11) is 0. The lowest BCUT2D eigenvalue weighted by molar-refractivity contribution is -0.122. The first kappa shape index (κ1) is 13.6. The molecule has 1 aliphatic heterocycles. The van der Waals surface area contributed by atoms with Crippen molar-refractivity contribution in [3.63, 3.8) is 0 Å². The molecule has 18 heavy (non-hydrogen) atoms. The summed E-state index contributed by atoms with van der Waals surface area (Å²) < 4.78 is 0. The largest absolute Gasteiger partial charge is 0.355 e.